The quantitative estimate of drug-likeness (QED) is 0.306. The second kappa shape index (κ2) is 53.1. The first kappa shape index (κ1) is 72.8. The summed E-state index contributed by atoms with van der Waals surface area (Å²) in [4.78, 5) is 0. The van der Waals surface area contributed by atoms with Gasteiger partial charge in [0.1, 0.15) is 0 Å². The summed E-state index contributed by atoms with van der Waals surface area (Å²) in [5, 5.41) is 21.5. The van der Waals surface area contributed by atoms with Crippen molar-refractivity contribution in [1.29, 1.82) is 0 Å². The van der Waals surface area contributed by atoms with Crippen LogP contribution >= 0.6 is 0 Å². The molecule has 0 saturated heterocycles. The molecule has 0 unspecified atom stereocenters. The van der Waals surface area contributed by atoms with Crippen LogP contribution in [0.4, 0.5) is 0 Å². The molecule has 0 radical (unpaired) electrons. The first-order chi connectivity index (χ1) is 1.73. The molecule has 0 atom stereocenters. The van der Waals surface area contributed by atoms with Crippen LogP contribution < -0.4 is 0 Å². The van der Waals surface area contributed by atoms with Crippen LogP contribution in [-0.4, -0.2) is 79.3 Å². The molecule has 0 aliphatic rings. The van der Waals surface area contributed by atoms with Crippen molar-refractivity contribution in [2.75, 3.05) is 0 Å². The zero-order valence-electron chi connectivity index (χ0n) is 4.42. The number of rotatable bonds is 0. The third-order valence-corrected chi connectivity index (χ3v) is 0. The molecule has 0 fully saturated rings. The zero-order valence-corrected chi connectivity index (χ0v) is 4.42. The van der Waals surface area contributed by atoms with Crippen LogP contribution in [0.5, 0.6) is 0 Å². The molecule has 0 aliphatic heterocycles. The van der Waals surface area contributed by atoms with Gasteiger partial charge in [0.15, 0.2) is 0 Å². The second-order valence-electron chi connectivity index (χ2n) is 0.346. The van der Waals surface area contributed by atoms with Gasteiger partial charge in [0.05, 0.1) is 0 Å². The van der Waals surface area contributed by atoms with Gasteiger partial charge in [-0.2, -0.15) is 0 Å². The van der Waals surface area contributed by atoms with Gasteiger partial charge in [-0.05, 0) is 0 Å². The summed E-state index contributed by atoms with van der Waals surface area (Å²) >= 11 is 0. The first-order valence-electron chi connectivity index (χ1n) is 0.775. The van der Waals surface area contributed by atoms with E-state index in [9.17, 15) is 0 Å². The van der Waals surface area contributed by atoms with Crippen LogP contribution in [0.1, 0.15) is 0 Å². The third-order valence-electron chi connectivity index (χ3n) is 0. The van der Waals surface area contributed by atoms with Crippen LogP contribution in [0.2, 0.25) is 0 Å². The van der Waals surface area contributed by atoms with E-state index in [1.54, 1.807) is 0 Å². The van der Waals surface area contributed by atoms with Crippen LogP contribution in [-0.2, 0) is 0 Å². The Balaban J connectivity index is -0.00000000300. The van der Waals surface area contributed by atoms with Crippen molar-refractivity contribution in [3.8, 4) is 0 Å². The SMILES string of the molecule is O.O.O.O.O.OB(O)O.[NaH]. The molecule has 0 aromatic heterocycles. The van der Waals surface area contributed by atoms with Gasteiger partial charge >= 0.3 is 36.9 Å². The summed E-state index contributed by atoms with van der Waals surface area (Å²) in [6.07, 6.45) is 0. The van der Waals surface area contributed by atoms with E-state index < -0.39 is 7.32 Å². The van der Waals surface area contributed by atoms with Crippen molar-refractivity contribution in [3.05, 3.63) is 0 Å². The van der Waals surface area contributed by atoms with Gasteiger partial charge in [-0.15, -0.1) is 0 Å². The Bertz CT molecular complexity index is 14.0. The second-order valence-corrected chi connectivity index (χ2v) is 0.346. The third kappa shape index (κ3) is 945. The van der Waals surface area contributed by atoms with Gasteiger partial charge in [0, 0.05) is 0 Å². The van der Waals surface area contributed by atoms with E-state index in [2.05, 4.69) is 0 Å². The normalized spacial score (nSPS) is 2.70. The van der Waals surface area contributed by atoms with Crippen molar-refractivity contribution in [2.45, 2.75) is 0 Å². The van der Waals surface area contributed by atoms with E-state index in [0.717, 1.165) is 0 Å². The number of hydrogen-bond acceptors (Lipinski definition) is 3. The van der Waals surface area contributed by atoms with Crippen molar-refractivity contribution in [3.63, 3.8) is 0 Å². The molecule has 13 N–H and O–H groups in total. The fraction of sp³-hybridized carbons (Fsp3) is 0. The molecular weight excluding hydrogens is 162 g/mol. The molecule has 0 bridgehead atoms. The minimum atomic E-state index is -2.17. The van der Waals surface area contributed by atoms with Crippen LogP contribution in [0.25, 0.3) is 0 Å². The van der Waals surface area contributed by atoms with Crippen molar-refractivity contribution >= 4 is 36.9 Å². The van der Waals surface area contributed by atoms with Crippen molar-refractivity contribution in [2.24, 2.45) is 0 Å². The molecule has 0 aliphatic carbocycles. The first-order valence-corrected chi connectivity index (χ1v) is 0.775. The van der Waals surface area contributed by atoms with E-state index in [1.165, 1.54) is 0 Å². The fourth-order valence-corrected chi connectivity index (χ4v) is 0. The van der Waals surface area contributed by atoms with Crippen molar-refractivity contribution < 1.29 is 42.5 Å². The molecule has 0 aromatic carbocycles. The molecule has 66 valence electrons. The Morgan fingerprint density at radius 2 is 0.600 bits per heavy atom. The topological polar surface area (TPSA) is 218 Å². The van der Waals surface area contributed by atoms with Gasteiger partial charge < -0.3 is 42.5 Å². The van der Waals surface area contributed by atoms with Crippen LogP contribution in [0.15, 0.2) is 0 Å². The average molecular weight is 176 g/mol. The van der Waals surface area contributed by atoms with E-state index >= 15 is 0 Å². The fourth-order valence-electron chi connectivity index (χ4n) is 0. The predicted molar refractivity (Wildman–Crippen MR) is 37.6 cm³/mol. The van der Waals surface area contributed by atoms with Gasteiger partial charge in [0.25, 0.3) is 0 Å². The van der Waals surface area contributed by atoms with E-state index in [0.29, 0.717) is 0 Å². The molecule has 0 spiro atoms. The molecule has 10 heteroatoms. The predicted octanol–water partition coefficient (Wildman–Crippen LogP) is -6.82. The Morgan fingerprint density at radius 1 is 0.600 bits per heavy atom. The van der Waals surface area contributed by atoms with Crippen LogP contribution in [0, 0.1) is 0 Å². The monoisotopic (exact) mass is 176 g/mol. The minimum absolute atomic E-state index is 0. The summed E-state index contributed by atoms with van der Waals surface area (Å²) in [6, 6.07) is 0. The average Bonchev–Trinajstić information content (AvgIpc) is 0.811. The van der Waals surface area contributed by atoms with Gasteiger partial charge in [0.2, 0.25) is 0 Å². The standard InChI is InChI=1S/BH3O3.Na.5H2O.H/c2-1(3)4;;;;;;;/h2-4H;;5*1H2;. The van der Waals surface area contributed by atoms with E-state index in [4.69, 9.17) is 15.1 Å². The summed E-state index contributed by atoms with van der Waals surface area (Å²) in [5.41, 5.74) is 0. The van der Waals surface area contributed by atoms with Crippen LogP contribution in [0.3, 0.4) is 0 Å². The Hall–Kier alpha value is 0.745. The Morgan fingerprint density at radius 3 is 0.600 bits per heavy atom. The molecule has 8 nitrogen and oxygen atoms in total. The summed E-state index contributed by atoms with van der Waals surface area (Å²) in [5.74, 6) is 0. The summed E-state index contributed by atoms with van der Waals surface area (Å²) < 4.78 is 0. The molecule has 0 saturated carbocycles. The van der Waals surface area contributed by atoms with Gasteiger partial charge in [-0.3, -0.25) is 0 Å². The molecule has 0 heterocycles. The molecule has 0 amide bonds. The summed E-state index contributed by atoms with van der Waals surface area (Å²) in [6.45, 7) is 0. The summed E-state index contributed by atoms with van der Waals surface area (Å²) in [7, 11) is -2.17. The maximum absolute atomic E-state index is 7.17. The van der Waals surface area contributed by atoms with E-state index in [1.807, 2.05) is 0 Å². The van der Waals surface area contributed by atoms with E-state index in [-0.39, 0.29) is 56.9 Å². The molecule has 10 heavy (non-hydrogen) atoms. The molecular formula is H14BNaO8. The van der Waals surface area contributed by atoms with Crippen molar-refractivity contribution in [1.82, 2.24) is 0 Å². The van der Waals surface area contributed by atoms with Gasteiger partial charge in [-0.25, -0.2) is 0 Å². The zero-order chi connectivity index (χ0) is 3.58. The number of hydrogen-bond donors (Lipinski definition) is 3. The molecule has 0 rings (SSSR count). The Labute approximate surface area is 79.5 Å². The van der Waals surface area contributed by atoms with Gasteiger partial charge in [-0.1, -0.05) is 0 Å². The maximum atomic E-state index is 7.17. The molecule has 0 aromatic rings. The Kier molecular flexibility index (Phi) is 387.